The van der Waals surface area contributed by atoms with Crippen molar-refractivity contribution < 1.29 is 4.74 Å². The fourth-order valence-corrected chi connectivity index (χ4v) is 1.97. The number of hydrogen-bond acceptors (Lipinski definition) is 2. The largest absolute Gasteiger partial charge is 0.496 e. The standard InChI is InChI=1S/C12H16N2O/c1-3-8-4-5-10-11(12(8)15-2)9(6-13)7-14-10/h4-5,7,14H,3,6,13H2,1-2H3. The van der Waals surface area contributed by atoms with Crippen molar-refractivity contribution in [2.24, 2.45) is 5.73 Å². The summed E-state index contributed by atoms with van der Waals surface area (Å²) in [5, 5.41) is 1.12. The number of ether oxygens (including phenoxy) is 1. The third-order valence-electron chi connectivity index (χ3n) is 2.77. The number of H-pyrrole nitrogens is 1. The molecule has 80 valence electrons. The van der Waals surface area contributed by atoms with Gasteiger partial charge in [0.05, 0.1) is 7.11 Å². The quantitative estimate of drug-likeness (QED) is 0.805. The summed E-state index contributed by atoms with van der Waals surface area (Å²) in [5.74, 6) is 0.955. The molecule has 15 heavy (non-hydrogen) atoms. The zero-order valence-corrected chi connectivity index (χ0v) is 9.13. The maximum absolute atomic E-state index is 5.70. The maximum atomic E-state index is 5.70. The zero-order chi connectivity index (χ0) is 10.8. The van der Waals surface area contributed by atoms with E-state index in [9.17, 15) is 0 Å². The summed E-state index contributed by atoms with van der Waals surface area (Å²) >= 11 is 0. The van der Waals surface area contributed by atoms with Crippen molar-refractivity contribution in [2.45, 2.75) is 19.9 Å². The van der Waals surface area contributed by atoms with Crippen LogP contribution in [-0.2, 0) is 13.0 Å². The highest BCUT2D eigenvalue weighted by atomic mass is 16.5. The molecule has 3 N–H and O–H groups in total. The molecular weight excluding hydrogens is 188 g/mol. The summed E-state index contributed by atoms with van der Waals surface area (Å²) < 4.78 is 5.47. The van der Waals surface area contributed by atoms with Crippen molar-refractivity contribution in [1.82, 2.24) is 4.98 Å². The number of aromatic nitrogens is 1. The van der Waals surface area contributed by atoms with Crippen LogP contribution in [0.1, 0.15) is 18.1 Å². The van der Waals surface area contributed by atoms with Gasteiger partial charge in [0.1, 0.15) is 5.75 Å². The molecule has 0 saturated heterocycles. The third-order valence-corrected chi connectivity index (χ3v) is 2.77. The Hall–Kier alpha value is -1.48. The van der Waals surface area contributed by atoms with Crippen LogP contribution in [0.5, 0.6) is 5.75 Å². The molecule has 3 nitrogen and oxygen atoms in total. The van der Waals surface area contributed by atoms with Crippen LogP contribution in [-0.4, -0.2) is 12.1 Å². The number of hydrogen-bond donors (Lipinski definition) is 2. The molecule has 0 amide bonds. The highest BCUT2D eigenvalue weighted by molar-refractivity contribution is 5.90. The van der Waals surface area contributed by atoms with Crippen LogP contribution >= 0.6 is 0 Å². The summed E-state index contributed by atoms with van der Waals surface area (Å²) in [7, 11) is 1.71. The van der Waals surface area contributed by atoms with Crippen molar-refractivity contribution in [3.63, 3.8) is 0 Å². The van der Waals surface area contributed by atoms with E-state index in [0.717, 1.165) is 28.6 Å². The van der Waals surface area contributed by atoms with Crippen LogP contribution in [0.2, 0.25) is 0 Å². The van der Waals surface area contributed by atoms with Gasteiger partial charge in [-0.05, 0) is 23.6 Å². The molecular formula is C12H16N2O. The van der Waals surface area contributed by atoms with Crippen LogP contribution in [0.3, 0.4) is 0 Å². The Morgan fingerprint density at radius 1 is 1.33 bits per heavy atom. The number of rotatable bonds is 3. The second kappa shape index (κ2) is 3.95. The van der Waals surface area contributed by atoms with E-state index in [2.05, 4.69) is 24.0 Å². The second-order valence-corrected chi connectivity index (χ2v) is 3.55. The number of nitrogens with one attached hydrogen (secondary N) is 1. The summed E-state index contributed by atoms with van der Waals surface area (Å²) in [6, 6.07) is 4.17. The van der Waals surface area contributed by atoms with Crippen LogP contribution in [0.15, 0.2) is 18.3 Å². The van der Waals surface area contributed by atoms with Crippen LogP contribution in [0.4, 0.5) is 0 Å². The van der Waals surface area contributed by atoms with Gasteiger partial charge in [-0.3, -0.25) is 0 Å². The first-order valence-electron chi connectivity index (χ1n) is 5.17. The minimum Gasteiger partial charge on any atom is -0.496 e. The van der Waals surface area contributed by atoms with E-state index in [0.29, 0.717) is 6.54 Å². The van der Waals surface area contributed by atoms with Gasteiger partial charge in [0.25, 0.3) is 0 Å². The van der Waals surface area contributed by atoms with E-state index in [1.165, 1.54) is 5.56 Å². The smallest absolute Gasteiger partial charge is 0.131 e. The van der Waals surface area contributed by atoms with Crippen LogP contribution in [0.25, 0.3) is 10.9 Å². The fourth-order valence-electron chi connectivity index (χ4n) is 1.97. The molecule has 0 saturated carbocycles. The lowest BCUT2D eigenvalue weighted by atomic mass is 10.1. The normalized spacial score (nSPS) is 10.9. The van der Waals surface area contributed by atoms with Gasteiger partial charge in [0, 0.05) is 23.6 Å². The number of fused-ring (bicyclic) bond motifs is 1. The first kappa shape index (κ1) is 10.1. The molecule has 1 aromatic carbocycles. The van der Waals surface area contributed by atoms with E-state index in [-0.39, 0.29) is 0 Å². The summed E-state index contributed by atoms with van der Waals surface area (Å²) in [6.45, 7) is 2.65. The Bertz CT molecular complexity index is 474. The van der Waals surface area contributed by atoms with E-state index >= 15 is 0 Å². The molecule has 2 rings (SSSR count). The SMILES string of the molecule is CCc1ccc2[nH]cc(CN)c2c1OC. The number of nitrogens with two attached hydrogens (primary N) is 1. The Morgan fingerprint density at radius 2 is 2.13 bits per heavy atom. The average Bonchev–Trinajstić information content (AvgIpc) is 2.70. The molecule has 1 heterocycles. The third kappa shape index (κ3) is 1.49. The molecule has 0 aliphatic heterocycles. The Morgan fingerprint density at radius 3 is 2.73 bits per heavy atom. The molecule has 0 spiro atoms. The molecule has 0 bridgehead atoms. The van der Waals surface area contributed by atoms with Gasteiger partial charge in [-0.1, -0.05) is 13.0 Å². The van der Waals surface area contributed by atoms with Crippen molar-refractivity contribution in [3.05, 3.63) is 29.5 Å². The van der Waals surface area contributed by atoms with Gasteiger partial charge in [-0.2, -0.15) is 0 Å². The molecule has 3 heteroatoms. The van der Waals surface area contributed by atoms with Crippen molar-refractivity contribution in [2.75, 3.05) is 7.11 Å². The zero-order valence-electron chi connectivity index (χ0n) is 9.13. The molecule has 0 aliphatic rings. The number of aromatic amines is 1. The highest BCUT2D eigenvalue weighted by Gasteiger charge is 2.11. The first-order valence-corrected chi connectivity index (χ1v) is 5.17. The van der Waals surface area contributed by atoms with Crippen LogP contribution in [0, 0.1) is 0 Å². The Balaban J connectivity index is 2.77. The highest BCUT2D eigenvalue weighted by Crippen LogP contribution is 2.32. The number of aryl methyl sites for hydroxylation is 1. The van der Waals surface area contributed by atoms with Crippen molar-refractivity contribution in [3.8, 4) is 5.75 Å². The Labute approximate surface area is 89.2 Å². The fraction of sp³-hybridized carbons (Fsp3) is 0.333. The molecule has 2 aromatic rings. The minimum absolute atomic E-state index is 0.531. The van der Waals surface area contributed by atoms with Crippen molar-refractivity contribution in [1.29, 1.82) is 0 Å². The number of benzene rings is 1. The maximum Gasteiger partial charge on any atom is 0.131 e. The lowest BCUT2D eigenvalue weighted by Crippen LogP contribution is -1.97. The van der Waals surface area contributed by atoms with Gasteiger partial charge < -0.3 is 15.5 Å². The van der Waals surface area contributed by atoms with Gasteiger partial charge in [-0.25, -0.2) is 0 Å². The van der Waals surface area contributed by atoms with Gasteiger partial charge in [-0.15, -0.1) is 0 Å². The molecule has 0 aliphatic carbocycles. The number of methoxy groups -OCH3 is 1. The molecule has 0 atom stereocenters. The summed E-state index contributed by atoms with van der Waals surface area (Å²) in [4.78, 5) is 3.21. The van der Waals surface area contributed by atoms with E-state index in [1.54, 1.807) is 7.11 Å². The lowest BCUT2D eigenvalue weighted by molar-refractivity contribution is 0.415. The van der Waals surface area contributed by atoms with E-state index in [4.69, 9.17) is 10.5 Å². The van der Waals surface area contributed by atoms with Crippen LogP contribution < -0.4 is 10.5 Å². The van der Waals surface area contributed by atoms with E-state index in [1.807, 2.05) is 6.20 Å². The predicted octanol–water partition coefficient (Wildman–Crippen LogP) is 2.20. The Kier molecular flexibility index (Phi) is 2.64. The molecule has 1 aromatic heterocycles. The predicted molar refractivity (Wildman–Crippen MR) is 62.1 cm³/mol. The van der Waals surface area contributed by atoms with Gasteiger partial charge in [0.15, 0.2) is 0 Å². The molecule has 0 unspecified atom stereocenters. The minimum atomic E-state index is 0.531. The molecule has 0 fully saturated rings. The van der Waals surface area contributed by atoms with E-state index < -0.39 is 0 Å². The van der Waals surface area contributed by atoms with Gasteiger partial charge >= 0.3 is 0 Å². The second-order valence-electron chi connectivity index (χ2n) is 3.55. The van der Waals surface area contributed by atoms with Crippen molar-refractivity contribution >= 4 is 10.9 Å². The van der Waals surface area contributed by atoms with Gasteiger partial charge in [0.2, 0.25) is 0 Å². The first-order chi connectivity index (χ1) is 7.31. The monoisotopic (exact) mass is 204 g/mol. The molecule has 0 radical (unpaired) electrons. The summed E-state index contributed by atoms with van der Waals surface area (Å²) in [6.07, 6.45) is 2.92. The average molecular weight is 204 g/mol. The lowest BCUT2D eigenvalue weighted by Gasteiger charge is -2.09. The topological polar surface area (TPSA) is 51.0 Å². The summed E-state index contributed by atoms with van der Waals surface area (Å²) in [5.41, 5.74) is 9.12.